The Labute approximate surface area is 115 Å². The van der Waals surface area contributed by atoms with E-state index in [9.17, 15) is 0 Å². The number of aryl methyl sites for hydroxylation is 2. The summed E-state index contributed by atoms with van der Waals surface area (Å²) in [6, 6.07) is 0.152. The van der Waals surface area contributed by atoms with Crippen LogP contribution in [0.5, 0.6) is 0 Å². The van der Waals surface area contributed by atoms with Crippen LogP contribution in [0.2, 0.25) is 0 Å². The van der Waals surface area contributed by atoms with E-state index in [-0.39, 0.29) is 6.04 Å². The van der Waals surface area contributed by atoms with Gasteiger partial charge in [-0.3, -0.25) is 9.58 Å². The van der Waals surface area contributed by atoms with E-state index in [0.29, 0.717) is 19.8 Å². The number of nitrogens with zero attached hydrogens (tertiary/aromatic N) is 3. The molecule has 0 saturated carbocycles. The molecule has 1 rings (SSSR count). The van der Waals surface area contributed by atoms with Crippen LogP contribution in [0.4, 0.5) is 0 Å². The summed E-state index contributed by atoms with van der Waals surface area (Å²) in [7, 11) is 5.35. The summed E-state index contributed by atoms with van der Waals surface area (Å²) in [5.74, 6) is 0. The molecule has 0 fully saturated rings. The van der Waals surface area contributed by atoms with E-state index in [1.165, 1.54) is 5.56 Å². The van der Waals surface area contributed by atoms with Gasteiger partial charge in [-0.1, -0.05) is 0 Å². The van der Waals surface area contributed by atoms with Crippen molar-refractivity contribution < 1.29 is 9.47 Å². The SMILES string of the molecule is COCCN(CCOC)C(CN)c1cn(C)nc1C. The average Bonchev–Trinajstić information content (AvgIpc) is 2.72. The van der Waals surface area contributed by atoms with Gasteiger partial charge in [0.15, 0.2) is 0 Å². The maximum Gasteiger partial charge on any atom is 0.0641 e. The Morgan fingerprint density at radius 2 is 1.89 bits per heavy atom. The standard InChI is InChI=1S/C13H26N4O2/c1-11-12(10-16(2)15-11)13(9-14)17(5-7-18-3)6-8-19-4/h10,13H,5-9,14H2,1-4H3. The van der Waals surface area contributed by atoms with Crippen LogP contribution in [0.15, 0.2) is 6.20 Å². The Balaban J connectivity index is 2.84. The molecule has 0 aliphatic carbocycles. The zero-order chi connectivity index (χ0) is 14.3. The lowest BCUT2D eigenvalue weighted by Gasteiger charge is -2.30. The molecule has 0 radical (unpaired) electrons. The molecule has 1 aromatic rings. The molecular formula is C13H26N4O2. The van der Waals surface area contributed by atoms with Crippen LogP contribution in [-0.4, -0.2) is 61.7 Å². The van der Waals surface area contributed by atoms with Crippen molar-refractivity contribution in [2.45, 2.75) is 13.0 Å². The van der Waals surface area contributed by atoms with Crippen LogP contribution in [0.25, 0.3) is 0 Å². The number of rotatable bonds is 9. The zero-order valence-electron chi connectivity index (χ0n) is 12.4. The Morgan fingerprint density at radius 3 is 2.26 bits per heavy atom. The molecule has 0 spiro atoms. The minimum Gasteiger partial charge on any atom is -0.383 e. The Morgan fingerprint density at radius 1 is 1.32 bits per heavy atom. The van der Waals surface area contributed by atoms with E-state index in [2.05, 4.69) is 10.00 Å². The highest BCUT2D eigenvalue weighted by molar-refractivity contribution is 5.20. The van der Waals surface area contributed by atoms with E-state index in [1.54, 1.807) is 14.2 Å². The minimum atomic E-state index is 0.152. The summed E-state index contributed by atoms with van der Waals surface area (Å²) < 4.78 is 12.2. The monoisotopic (exact) mass is 270 g/mol. The molecule has 0 bridgehead atoms. The fraction of sp³-hybridized carbons (Fsp3) is 0.769. The number of aromatic nitrogens is 2. The third-order valence-corrected chi connectivity index (χ3v) is 3.24. The van der Waals surface area contributed by atoms with Crippen molar-refractivity contribution in [3.05, 3.63) is 17.5 Å². The number of methoxy groups -OCH3 is 2. The van der Waals surface area contributed by atoms with Gasteiger partial charge >= 0.3 is 0 Å². The van der Waals surface area contributed by atoms with Crippen molar-refractivity contribution >= 4 is 0 Å². The summed E-state index contributed by atoms with van der Waals surface area (Å²) in [6.07, 6.45) is 2.04. The van der Waals surface area contributed by atoms with Gasteiger partial charge in [-0.2, -0.15) is 5.10 Å². The lowest BCUT2D eigenvalue weighted by molar-refractivity contribution is 0.0889. The number of ether oxygens (including phenoxy) is 2. The third-order valence-electron chi connectivity index (χ3n) is 3.24. The number of nitrogens with two attached hydrogens (primary N) is 1. The molecule has 2 N–H and O–H groups in total. The molecule has 1 heterocycles. The molecular weight excluding hydrogens is 244 g/mol. The van der Waals surface area contributed by atoms with Crippen molar-refractivity contribution in [1.82, 2.24) is 14.7 Å². The first-order valence-corrected chi connectivity index (χ1v) is 6.56. The first-order chi connectivity index (χ1) is 9.13. The average molecular weight is 270 g/mol. The highest BCUT2D eigenvalue weighted by Crippen LogP contribution is 2.21. The van der Waals surface area contributed by atoms with Crippen LogP contribution in [0, 0.1) is 6.92 Å². The highest BCUT2D eigenvalue weighted by Gasteiger charge is 2.22. The van der Waals surface area contributed by atoms with E-state index in [4.69, 9.17) is 15.2 Å². The van der Waals surface area contributed by atoms with Crippen molar-refractivity contribution in [3.63, 3.8) is 0 Å². The number of hydrogen-bond donors (Lipinski definition) is 1. The van der Waals surface area contributed by atoms with Gasteiger partial charge in [-0.25, -0.2) is 0 Å². The molecule has 0 aliphatic rings. The van der Waals surface area contributed by atoms with Crippen molar-refractivity contribution in [1.29, 1.82) is 0 Å². The van der Waals surface area contributed by atoms with Crippen molar-refractivity contribution in [3.8, 4) is 0 Å². The van der Waals surface area contributed by atoms with Gasteiger partial charge in [0.1, 0.15) is 0 Å². The molecule has 0 aliphatic heterocycles. The fourth-order valence-electron chi connectivity index (χ4n) is 2.26. The van der Waals surface area contributed by atoms with E-state index >= 15 is 0 Å². The van der Waals surface area contributed by atoms with Gasteiger partial charge in [0, 0.05) is 52.7 Å². The molecule has 0 aromatic carbocycles. The van der Waals surface area contributed by atoms with Crippen LogP contribution in [0.3, 0.4) is 0 Å². The molecule has 0 amide bonds. The molecule has 1 unspecified atom stereocenters. The Bertz CT molecular complexity index is 360. The predicted molar refractivity (Wildman–Crippen MR) is 75.1 cm³/mol. The molecule has 1 aromatic heterocycles. The quantitative estimate of drug-likeness (QED) is 0.700. The van der Waals surface area contributed by atoms with E-state index in [1.807, 2.05) is 24.9 Å². The number of hydrogen-bond acceptors (Lipinski definition) is 5. The summed E-state index contributed by atoms with van der Waals surface area (Å²) >= 11 is 0. The van der Waals surface area contributed by atoms with Gasteiger partial charge in [0.2, 0.25) is 0 Å². The van der Waals surface area contributed by atoms with Crippen LogP contribution in [0.1, 0.15) is 17.3 Å². The Hall–Kier alpha value is -0.950. The van der Waals surface area contributed by atoms with Crippen molar-refractivity contribution in [2.24, 2.45) is 12.8 Å². The molecule has 6 nitrogen and oxygen atoms in total. The summed E-state index contributed by atoms with van der Waals surface area (Å²) in [5, 5.41) is 4.39. The Kier molecular flexibility index (Phi) is 7.01. The largest absolute Gasteiger partial charge is 0.383 e. The second-order valence-corrected chi connectivity index (χ2v) is 4.62. The van der Waals surface area contributed by atoms with Gasteiger partial charge in [-0.15, -0.1) is 0 Å². The smallest absolute Gasteiger partial charge is 0.0641 e. The predicted octanol–water partition coefficient (Wildman–Crippen LogP) is 0.323. The van der Waals surface area contributed by atoms with Gasteiger partial charge in [0.05, 0.1) is 24.9 Å². The van der Waals surface area contributed by atoms with Crippen LogP contribution in [-0.2, 0) is 16.5 Å². The van der Waals surface area contributed by atoms with E-state index in [0.717, 1.165) is 18.8 Å². The summed E-state index contributed by atoms with van der Waals surface area (Å²) in [5.41, 5.74) is 8.17. The van der Waals surface area contributed by atoms with Gasteiger partial charge < -0.3 is 15.2 Å². The fourth-order valence-corrected chi connectivity index (χ4v) is 2.26. The second-order valence-electron chi connectivity index (χ2n) is 4.62. The minimum absolute atomic E-state index is 0.152. The lowest BCUT2D eigenvalue weighted by Crippen LogP contribution is -2.38. The lowest BCUT2D eigenvalue weighted by atomic mass is 10.1. The van der Waals surface area contributed by atoms with Gasteiger partial charge in [-0.05, 0) is 6.92 Å². The second kappa shape index (κ2) is 8.27. The highest BCUT2D eigenvalue weighted by atomic mass is 16.5. The van der Waals surface area contributed by atoms with Crippen LogP contribution < -0.4 is 5.73 Å². The van der Waals surface area contributed by atoms with Crippen molar-refractivity contribution in [2.75, 3.05) is 47.1 Å². The first kappa shape index (κ1) is 16.1. The van der Waals surface area contributed by atoms with Crippen LogP contribution >= 0.6 is 0 Å². The molecule has 6 heteroatoms. The topological polar surface area (TPSA) is 65.5 Å². The molecule has 19 heavy (non-hydrogen) atoms. The third kappa shape index (κ3) is 4.58. The maximum atomic E-state index is 5.97. The van der Waals surface area contributed by atoms with Gasteiger partial charge in [0.25, 0.3) is 0 Å². The zero-order valence-corrected chi connectivity index (χ0v) is 12.4. The summed E-state index contributed by atoms with van der Waals surface area (Å²) in [4.78, 5) is 2.29. The first-order valence-electron chi connectivity index (χ1n) is 6.56. The maximum absolute atomic E-state index is 5.97. The summed E-state index contributed by atoms with van der Waals surface area (Å²) in [6.45, 7) is 5.59. The molecule has 1 atom stereocenters. The van der Waals surface area contributed by atoms with E-state index < -0.39 is 0 Å². The molecule has 0 saturated heterocycles. The normalized spacial score (nSPS) is 13.2. The molecule has 110 valence electrons.